The summed E-state index contributed by atoms with van der Waals surface area (Å²) in [7, 11) is 1.83. The van der Waals surface area contributed by atoms with Crippen LogP contribution >= 0.6 is 24.0 Å². The lowest BCUT2D eigenvalue weighted by molar-refractivity contribution is 0.105. The van der Waals surface area contributed by atoms with Gasteiger partial charge in [0.15, 0.2) is 5.96 Å². The molecule has 7 heteroatoms. The third-order valence-corrected chi connectivity index (χ3v) is 5.66. The summed E-state index contributed by atoms with van der Waals surface area (Å²) in [6, 6.07) is 0. The van der Waals surface area contributed by atoms with Crippen LogP contribution < -0.4 is 10.6 Å². The molecule has 1 unspecified atom stereocenters. The largest absolute Gasteiger partial charge is 0.382 e. The van der Waals surface area contributed by atoms with Crippen LogP contribution in [0.2, 0.25) is 0 Å². The zero-order valence-corrected chi connectivity index (χ0v) is 19.9. The highest BCUT2D eigenvalue weighted by atomic mass is 127. The van der Waals surface area contributed by atoms with E-state index in [9.17, 15) is 0 Å². The molecule has 0 aromatic carbocycles. The number of rotatable bonds is 9. The zero-order chi connectivity index (χ0) is 19.0. The number of hydrogen-bond donors (Lipinski definition) is 2. The van der Waals surface area contributed by atoms with Crippen LogP contribution in [0, 0.1) is 19.3 Å². The Morgan fingerprint density at radius 2 is 2.00 bits per heavy atom. The number of nitrogens with zero attached hydrogens (tertiary/aromatic N) is 2. The number of aryl methyl sites for hydroxylation is 2. The highest BCUT2D eigenvalue weighted by molar-refractivity contribution is 14.0. The third kappa shape index (κ3) is 6.93. The molecule has 1 aliphatic rings. The summed E-state index contributed by atoms with van der Waals surface area (Å²) in [5, 5.41) is 11.1. The summed E-state index contributed by atoms with van der Waals surface area (Å²) in [4.78, 5) is 4.40. The van der Waals surface area contributed by atoms with Crippen LogP contribution in [0.4, 0.5) is 0 Å². The van der Waals surface area contributed by atoms with Crippen molar-refractivity contribution >= 4 is 29.9 Å². The van der Waals surface area contributed by atoms with E-state index >= 15 is 0 Å². The van der Waals surface area contributed by atoms with Crippen LogP contribution in [0.5, 0.6) is 0 Å². The maximum atomic E-state index is 5.61. The molecular formula is C20H37IN4O2. The third-order valence-electron chi connectivity index (χ3n) is 5.66. The predicted molar refractivity (Wildman–Crippen MR) is 121 cm³/mol. The number of ether oxygens (including phenoxy) is 1. The molecule has 0 bridgehead atoms. The topological polar surface area (TPSA) is 71.7 Å². The van der Waals surface area contributed by atoms with E-state index in [1.165, 1.54) is 31.2 Å². The maximum absolute atomic E-state index is 5.61. The maximum Gasteiger partial charge on any atom is 0.191 e. The molecule has 1 saturated carbocycles. The fourth-order valence-corrected chi connectivity index (χ4v) is 4.11. The minimum Gasteiger partial charge on any atom is -0.382 e. The number of hydrogen-bond acceptors (Lipinski definition) is 4. The summed E-state index contributed by atoms with van der Waals surface area (Å²) < 4.78 is 10.9. The van der Waals surface area contributed by atoms with Gasteiger partial charge in [-0.3, -0.25) is 4.99 Å². The first-order valence-electron chi connectivity index (χ1n) is 9.96. The van der Waals surface area contributed by atoms with Gasteiger partial charge < -0.3 is 19.9 Å². The van der Waals surface area contributed by atoms with Crippen LogP contribution in [0.3, 0.4) is 0 Å². The lowest BCUT2D eigenvalue weighted by Crippen LogP contribution is -2.44. The Balaban J connectivity index is 0.00000364. The fourth-order valence-electron chi connectivity index (χ4n) is 4.11. The van der Waals surface area contributed by atoms with Crippen LogP contribution in [-0.4, -0.2) is 44.5 Å². The quantitative estimate of drug-likeness (QED) is 0.235. The Bertz CT molecular complexity index is 563. The van der Waals surface area contributed by atoms with Crippen molar-refractivity contribution < 1.29 is 9.26 Å². The SMILES string of the molecule is CCOCCC1(CNC(=NC)NCC(C)c2c(C)noc2C)CCCC1.I. The Labute approximate surface area is 181 Å². The summed E-state index contributed by atoms with van der Waals surface area (Å²) in [5.74, 6) is 2.09. The minimum absolute atomic E-state index is 0. The van der Waals surface area contributed by atoms with Gasteiger partial charge in [0.1, 0.15) is 5.76 Å². The normalized spacial score (nSPS) is 17.4. The van der Waals surface area contributed by atoms with E-state index < -0.39 is 0 Å². The first-order chi connectivity index (χ1) is 12.5. The molecule has 1 fully saturated rings. The van der Waals surface area contributed by atoms with E-state index in [-0.39, 0.29) is 24.0 Å². The monoisotopic (exact) mass is 492 g/mol. The van der Waals surface area contributed by atoms with Gasteiger partial charge in [-0.25, -0.2) is 0 Å². The summed E-state index contributed by atoms with van der Waals surface area (Å²) in [5.41, 5.74) is 2.51. The number of guanidine groups is 1. The number of aliphatic imine (C=N–C) groups is 1. The van der Waals surface area contributed by atoms with Gasteiger partial charge in [0, 0.05) is 44.8 Å². The average molecular weight is 492 g/mol. The van der Waals surface area contributed by atoms with Crippen molar-refractivity contribution in [2.75, 3.05) is 33.4 Å². The van der Waals surface area contributed by atoms with E-state index in [0.29, 0.717) is 11.3 Å². The molecular weight excluding hydrogens is 455 g/mol. The van der Waals surface area contributed by atoms with E-state index in [1.54, 1.807) is 0 Å². The Hall–Kier alpha value is -0.830. The standard InChI is InChI=1S/C20H36N4O2.HI/c1-6-25-12-11-20(9-7-8-10-20)14-23-19(21-5)22-13-15(2)18-16(3)24-26-17(18)4;/h15H,6-14H2,1-5H3,(H2,21,22,23);1H. The van der Waals surface area contributed by atoms with Gasteiger partial charge in [0.05, 0.1) is 5.69 Å². The van der Waals surface area contributed by atoms with Crippen molar-refractivity contribution in [3.05, 3.63) is 17.0 Å². The Morgan fingerprint density at radius 3 is 2.56 bits per heavy atom. The first kappa shape index (κ1) is 24.2. The van der Waals surface area contributed by atoms with Crippen LogP contribution in [0.25, 0.3) is 0 Å². The second kappa shape index (κ2) is 11.9. The van der Waals surface area contributed by atoms with Crippen molar-refractivity contribution in [1.82, 2.24) is 15.8 Å². The molecule has 27 heavy (non-hydrogen) atoms. The molecule has 1 atom stereocenters. The smallest absolute Gasteiger partial charge is 0.191 e. The molecule has 0 radical (unpaired) electrons. The number of halogens is 1. The van der Waals surface area contributed by atoms with Crippen molar-refractivity contribution in [3.8, 4) is 0 Å². The Morgan fingerprint density at radius 1 is 1.30 bits per heavy atom. The van der Waals surface area contributed by atoms with Gasteiger partial charge >= 0.3 is 0 Å². The molecule has 1 aromatic rings. The van der Waals surface area contributed by atoms with E-state index in [4.69, 9.17) is 9.26 Å². The molecule has 0 aliphatic heterocycles. The molecule has 2 N–H and O–H groups in total. The van der Waals surface area contributed by atoms with Crippen molar-refractivity contribution in [1.29, 1.82) is 0 Å². The zero-order valence-electron chi connectivity index (χ0n) is 17.6. The Kier molecular flexibility index (Phi) is 10.7. The second-order valence-corrected chi connectivity index (χ2v) is 7.60. The highest BCUT2D eigenvalue weighted by Crippen LogP contribution is 2.40. The molecule has 6 nitrogen and oxygen atoms in total. The van der Waals surface area contributed by atoms with Crippen LogP contribution in [0.1, 0.15) is 68.9 Å². The summed E-state index contributed by atoms with van der Waals surface area (Å²) in [6.45, 7) is 11.6. The first-order valence-corrected chi connectivity index (χ1v) is 9.96. The second-order valence-electron chi connectivity index (χ2n) is 7.60. The molecule has 0 amide bonds. The number of nitrogens with one attached hydrogen (secondary N) is 2. The fraction of sp³-hybridized carbons (Fsp3) is 0.800. The molecule has 156 valence electrons. The molecule has 2 rings (SSSR count). The average Bonchev–Trinajstić information content (AvgIpc) is 3.22. The van der Waals surface area contributed by atoms with Gasteiger partial charge in [-0.15, -0.1) is 24.0 Å². The lowest BCUT2D eigenvalue weighted by Gasteiger charge is -2.30. The van der Waals surface area contributed by atoms with Gasteiger partial charge in [-0.1, -0.05) is 24.9 Å². The minimum atomic E-state index is 0. The highest BCUT2D eigenvalue weighted by Gasteiger charge is 2.33. The van der Waals surface area contributed by atoms with Gasteiger partial charge in [0.2, 0.25) is 0 Å². The van der Waals surface area contributed by atoms with Crippen LogP contribution in [0.15, 0.2) is 9.52 Å². The lowest BCUT2D eigenvalue weighted by atomic mass is 9.83. The van der Waals surface area contributed by atoms with E-state index in [2.05, 4.69) is 34.6 Å². The molecule has 0 spiro atoms. The van der Waals surface area contributed by atoms with Crippen LogP contribution in [-0.2, 0) is 4.74 Å². The molecule has 0 saturated heterocycles. The van der Waals surface area contributed by atoms with Crippen molar-refractivity contribution in [2.24, 2.45) is 10.4 Å². The molecule has 1 aromatic heterocycles. The van der Waals surface area contributed by atoms with Crippen molar-refractivity contribution in [2.45, 2.75) is 65.7 Å². The van der Waals surface area contributed by atoms with E-state index in [0.717, 1.165) is 50.1 Å². The number of aromatic nitrogens is 1. The van der Waals surface area contributed by atoms with Gasteiger partial charge in [0.25, 0.3) is 0 Å². The molecule has 1 aliphatic carbocycles. The van der Waals surface area contributed by atoms with E-state index in [1.807, 2.05) is 20.9 Å². The van der Waals surface area contributed by atoms with Crippen molar-refractivity contribution in [3.63, 3.8) is 0 Å². The van der Waals surface area contributed by atoms with Gasteiger partial charge in [-0.05, 0) is 45.4 Å². The molecule has 1 heterocycles. The van der Waals surface area contributed by atoms with Gasteiger partial charge in [-0.2, -0.15) is 0 Å². The predicted octanol–water partition coefficient (Wildman–Crippen LogP) is 4.16. The summed E-state index contributed by atoms with van der Waals surface area (Å²) in [6.07, 6.45) is 6.32. The summed E-state index contributed by atoms with van der Waals surface area (Å²) >= 11 is 0.